The van der Waals surface area contributed by atoms with Crippen molar-refractivity contribution in [1.29, 1.82) is 0 Å². The Morgan fingerprint density at radius 2 is 1.94 bits per heavy atom. The van der Waals surface area contributed by atoms with E-state index in [9.17, 15) is 4.79 Å². The Bertz CT molecular complexity index is 550. The summed E-state index contributed by atoms with van der Waals surface area (Å²) in [4.78, 5) is 19.8. The molecule has 3 heteroatoms. The van der Waals surface area contributed by atoms with Crippen LogP contribution >= 0.6 is 0 Å². The predicted molar refractivity (Wildman–Crippen MR) is 65.8 cm³/mol. The van der Waals surface area contributed by atoms with Crippen LogP contribution < -0.4 is 0 Å². The third-order valence-electron chi connectivity index (χ3n) is 3.56. The first-order valence-corrected chi connectivity index (χ1v) is 6.05. The van der Waals surface area contributed by atoms with Gasteiger partial charge in [0.05, 0.1) is 5.52 Å². The van der Waals surface area contributed by atoms with Crippen molar-refractivity contribution in [2.24, 2.45) is 0 Å². The lowest BCUT2D eigenvalue weighted by Crippen LogP contribution is -2.12. The van der Waals surface area contributed by atoms with Crippen LogP contribution in [-0.4, -0.2) is 15.8 Å². The summed E-state index contributed by atoms with van der Waals surface area (Å²) in [5.74, 6) is 0.889. The Labute approximate surface area is 99.9 Å². The standard InChI is InChI=1S/C14H14N2O/c17-11-3-1-10(2-4-11)12-5-8-16-14-6-7-15-9-13(12)14/h5-10H,1-4H2. The van der Waals surface area contributed by atoms with Crippen LogP contribution in [0.2, 0.25) is 0 Å². The largest absolute Gasteiger partial charge is 0.300 e. The molecule has 0 spiro atoms. The van der Waals surface area contributed by atoms with Crippen LogP contribution in [0, 0.1) is 0 Å². The first-order chi connectivity index (χ1) is 8.34. The van der Waals surface area contributed by atoms with Crippen molar-refractivity contribution in [3.05, 3.63) is 36.3 Å². The van der Waals surface area contributed by atoms with Gasteiger partial charge in [0, 0.05) is 36.8 Å². The molecular formula is C14H14N2O. The summed E-state index contributed by atoms with van der Waals surface area (Å²) in [6.07, 6.45) is 8.87. The van der Waals surface area contributed by atoms with Gasteiger partial charge in [0.15, 0.2) is 0 Å². The number of carbonyl (C=O) groups is 1. The van der Waals surface area contributed by atoms with Crippen molar-refractivity contribution in [1.82, 2.24) is 9.97 Å². The molecular weight excluding hydrogens is 212 g/mol. The average Bonchev–Trinajstić information content (AvgIpc) is 2.39. The number of carbonyl (C=O) groups excluding carboxylic acids is 1. The Morgan fingerprint density at radius 3 is 2.76 bits per heavy atom. The normalized spacial score (nSPS) is 17.5. The summed E-state index contributed by atoms with van der Waals surface area (Å²) in [6, 6.07) is 4.01. The van der Waals surface area contributed by atoms with Crippen LogP contribution in [0.25, 0.3) is 10.9 Å². The van der Waals surface area contributed by atoms with E-state index >= 15 is 0 Å². The molecule has 1 aliphatic rings. The third-order valence-corrected chi connectivity index (χ3v) is 3.56. The van der Waals surface area contributed by atoms with E-state index in [0.717, 1.165) is 36.6 Å². The maximum atomic E-state index is 11.3. The minimum atomic E-state index is 0.401. The molecule has 1 saturated carbocycles. The van der Waals surface area contributed by atoms with E-state index in [-0.39, 0.29) is 0 Å². The minimum Gasteiger partial charge on any atom is -0.300 e. The van der Waals surface area contributed by atoms with Crippen LogP contribution in [0.15, 0.2) is 30.7 Å². The minimum absolute atomic E-state index is 0.401. The molecule has 86 valence electrons. The van der Waals surface area contributed by atoms with Crippen LogP contribution in [0.1, 0.15) is 37.2 Å². The van der Waals surface area contributed by atoms with E-state index in [1.807, 2.05) is 18.5 Å². The van der Waals surface area contributed by atoms with Crippen molar-refractivity contribution in [2.75, 3.05) is 0 Å². The summed E-state index contributed by atoms with van der Waals surface area (Å²) in [5, 5.41) is 1.13. The van der Waals surface area contributed by atoms with Gasteiger partial charge in [-0.25, -0.2) is 0 Å². The molecule has 2 heterocycles. The van der Waals surface area contributed by atoms with E-state index in [2.05, 4.69) is 16.0 Å². The van der Waals surface area contributed by atoms with Gasteiger partial charge in [0.1, 0.15) is 5.78 Å². The number of fused-ring (bicyclic) bond motifs is 1. The molecule has 0 N–H and O–H groups in total. The summed E-state index contributed by atoms with van der Waals surface area (Å²) in [5.41, 5.74) is 2.30. The highest BCUT2D eigenvalue weighted by molar-refractivity contribution is 5.83. The van der Waals surface area contributed by atoms with E-state index in [4.69, 9.17) is 0 Å². The molecule has 0 unspecified atom stereocenters. The van der Waals surface area contributed by atoms with Crippen LogP contribution in [0.3, 0.4) is 0 Å². The maximum absolute atomic E-state index is 11.3. The van der Waals surface area contributed by atoms with Crippen LogP contribution in [0.5, 0.6) is 0 Å². The van der Waals surface area contributed by atoms with E-state index in [0.29, 0.717) is 11.7 Å². The number of Topliss-reactive ketones (excluding diaryl/α,β-unsaturated/α-hetero) is 1. The Balaban J connectivity index is 2.02. The van der Waals surface area contributed by atoms with Gasteiger partial charge >= 0.3 is 0 Å². The second kappa shape index (κ2) is 4.24. The zero-order valence-electron chi connectivity index (χ0n) is 9.60. The fourth-order valence-electron chi connectivity index (χ4n) is 2.62. The second-order valence-electron chi connectivity index (χ2n) is 4.61. The number of rotatable bonds is 1. The molecule has 0 bridgehead atoms. The van der Waals surface area contributed by atoms with Crippen molar-refractivity contribution >= 4 is 16.7 Å². The summed E-state index contributed by atoms with van der Waals surface area (Å²) in [6.45, 7) is 0. The summed E-state index contributed by atoms with van der Waals surface area (Å²) < 4.78 is 0. The zero-order chi connectivity index (χ0) is 11.7. The fourth-order valence-corrected chi connectivity index (χ4v) is 2.62. The maximum Gasteiger partial charge on any atom is 0.132 e. The Hall–Kier alpha value is -1.77. The number of hydrogen-bond donors (Lipinski definition) is 0. The molecule has 1 aliphatic carbocycles. The molecule has 0 atom stereocenters. The zero-order valence-corrected chi connectivity index (χ0v) is 9.60. The molecule has 2 aromatic heterocycles. The summed E-state index contributed by atoms with van der Waals surface area (Å²) in [7, 11) is 0. The fraction of sp³-hybridized carbons (Fsp3) is 0.357. The number of aromatic nitrogens is 2. The molecule has 0 aromatic carbocycles. The monoisotopic (exact) mass is 226 g/mol. The quantitative estimate of drug-likeness (QED) is 0.751. The van der Waals surface area contributed by atoms with Gasteiger partial charge in [-0.15, -0.1) is 0 Å². The average molecular weight is 226 g/mol. The predicted octanol–water partition coefficient (Wildman–Crippen LogP) is 2.86. The first kappa shape index (κ1) is 10.4. The topological polar surface area (TPSA) is 42.9 Å². The Morgan fingerprint density at radius 1 is 1.12 bits per heavy atom. The molecule has 3 rings (SSSR count). The lowest BCUT2D eigenvalue weighted by Gasteiger charge is -2.22. The third kappa shape index (κ3) is 1.93. The lowest BCUT2D eigenvalue weighted by atomic mass is 9.82. The van der Waals surface area contributed by atoms with Gasteiger partial charge in [-0.05, 0) is 36.5 Å². The van der Waals surface area contributed by atoms with Gasteiger partial charge in [0.2, 0.25) is 0 Å². The smallest absolute Gasteiger partial charge is 0.132 e. The van der Waals surface area contributed by atoms with E-state index < -0.39 is 0 Å². The van der Waals surface area contributed by atoms with Crippen molar-refractivity contribution in [3.8, 4) is 0 Å². The lowest BCUT2D eigenvalue weighted by molar-refractivity contribution is -0.120. The molecule has 2 aromatic rings. The SMILES string of the molecule is O=C1CCC(c2ccnc3ccncc23)CC1. The van der Waals surface area contributed by atoms with Crippen LogP contribution in [0.4, 0.5) is 0 Å². The highest BCUT2D eigenvalue weighted by Gasteiger charge is 2.21. The highest BCUT2D eigenvalue weighted by atomic mass is 16.1. The van der Waals surface area contributed by atoms with E-state index in [1.165, 1.54) is 5.56 Å². The van der Waals surface area contributed by atoms with Gasteiger partial charge < -0.3 is 0 Å². The van der Waals surface area contributed by atoms with E-state index in [1.54, 1.807) is 6.20 Å². The van der Waals surface area contributed by atoms with Crippen molar-refractivity contribution in [3.63, 3.8) is 0 Å². The first-order valence-electron chi connectivity index (χ1n) is 6.05. The van der Waals surface area contributed by atoms with Gasteiger partial charge in [-0.1, -0.05) is 0 Å². The number of pyridine rings is 2. The summed E-state index contributed by atoms with van der Waals surface area (Å²) >= 11 is 0. The highest BCUT2D eigenvalue weighted by Crippen LogP contribution is 2.34. The van der Waals surface area contributed by atoms with Gasteiger partial charge in [0.25, 0.3) is 0 Å². The molecule has 1 fully saturated rings. The molecule has 3 nitrogen and oxygen atoms in total. The molecule has 0 radical (unpaired) electrons. The molecule has 0 aliphatic heterocycles. The van der Waals surface area contributed by atoms with Crippen molar-refractivity contribution in [2.45, 2.75) is 31.6 Å². The Kier molecular flexibility index (Phi) is 2.59. The number of nitrogens with zero attached hydrogens (tertiary/aromatic N) is 2. The van der Waals surface area contributed by atoms with Gasteiger partial charge in [-0.2, -0.15) is 0 Å². The van der Waals surface area contributed by atoms with Crippen molar-refractivity contribution < 1.29 is 4.79 Å². The second-order valence-corrected chi connectivity index (χ2v) is 4.61. The number of hydrogen-bond acceptors (Lipinski definition) is 3. The molecule has 17 heavy (non-hydrogen) atoms. The molecule has 0 amide bonds. The molecule has 0 saturated heterocycles. The van der Waals surface area contributed by atoms with Gasteiger partial charge in [-0.3, -0.25) is 14.8 Å². The van der Waals surface area contributed by atoms with Crippen LogP contribution in [-0.2, 0) is 4.79 Å². The number of ketones is 1.